The van der Waals surface area contributed by atoms with Gasteiger partial charge >= 0.3 is 0 Å². The summed E-state index contributed by atoms with van der Waals surface area (Å²) in [5.74, 6) is 1.12. The van der Waals surface area contributed by atoms with Crippen LogP contribution in [0.5, 0.6) is 5.75 Å². The maximum absolute atomic E-state index is 12.9. The summed E-state index contributed by atoms with van der Waals surface area (Å²) in [5, 5.41) is 6.52. The molecule has 2 atom stereocenters. The molecule has 0 spiro atoms. The molecule has 152 valence electrons. The number of nitrogens with one attached hydrogen (secondary N) is 2. The molecule has 1 heterocycles. The molecule has 0 saturated carbocycles. The first-order valence-electron chi connectivity index (χ1n) is 9.81. The van der Waals surface area contributed by atoms with Gasteiger partial charge in [0, 0.05) is 26.3 Å². The molecular formula is C20H32FN3O3. The van der Waals surface area contributed by atoms with Crippen molar-refractivity contribution < 1.29 is 18.6 Å². The monoisotopic (exact) mass is 381 g/mol. The summed E-state index contributed by atoms with van der Waals surface area (Å²) >= 11 is 0. The normalized spacial score (nSPS) is 18.3. The molecule has 0 aromatic heterocycles. The minimum Gasteiger partial charge on any atom is -0.489 e. The third-order valence-corrected chi connectivity index (χ3v) is 4.09. The van der Waals surface area contributed by atoms with E-state index in [1.165, 1.54) is 12.1 Å². The lowest BCUT2D eigenvalue weighted by Gasteiger charge is -2.15. The van der Waals surface area contributed by atoms with Crippen LogP contribution in [0.15, 0.2) is 29.3 Å². The highest BCUT2D eigenvalue weighted by Crippen LogP contribution is 2.13. The van der Waals surface area contributed by atoms with Crippen LogP contribution in [0.3, 0.4) is 0 Å². The Morgan fingerprint density at radius 2 is 2.15 bits per heavy atom. The highest BCUT2D eigenvalue weighted by molar-refractivity contribution is 5.79. The number of ether oxygens (including phenoxy) is 3. The molecule has 0 radical (unpaired) electrons. The van der Waals surface area contributed by atoms with E-state index in [9.17, 15) is 4.39 Å². The molecule has 1 fully saturated rings. The zero-order chi connectivity index (χ0) is 19.3. The summed E-state index contributed by atoms with van der Waals surface area (Å²) in [4.78, 5) is 4.54. The van der Waals surface area contributed by atoms with E-state index in [0.717, 1.165) is 44.9 Å². The van der Waals surface area contributed by atoms with Crippen LogP contribution in [-0.4, -0.2) is 57.6 Å². The fourth-order valence-electron chi connectivity index (χ4n) is 2.72. The van der Waals surface area contributed by atoms with Crippen molar-refractivity contribution in [1.82, 2.24) is 10.6 Å². The van der Waals surface area contributed by atoms with Gasteiger partial charge in [-0.2, -0.15) is 0 Å². The van der Waals surface area contributed by atoms with Crippen LogP contribution in [0.4, 0.5) is 4.39 Å². The van der Waals surface area contributed by atoms with Gasteiger partial charge in [0.15, 0.2) is 5.96 Å². The molecule has 7 heteroatoms. The zero-order valence-corrected chi connectivity index (χ0v) is 16.4. The highest BCUT2D eigenvalue weighted by atomic mass is 19.1. The average molecular weight is 381 g/mol. The summed E-state index contributed by atoms with van der Waals surface area (Å²) in [6.45, 7) is 8.29. The summed E-state index contributed by atoms with van der Waals surface area (Å²) in [7, 11) is 0. The lowest BCUT2D eigenvalue weighted by Crippen LogP contribution is -2.38. The molecule has 1 aliphatic rings. The molecule has 1 aromatic rings. The van der Waals surface area contributed by atoms with Crippen molar-refractivity contribution in [2.24, 2.45) is 4.99 Å². The molecule has 2 rings (SSSR count). The Balaban J connectivity index is 1.62. The minimum absolute atomic E-state index is 0.110. The number of nitrogens with zero attached hydrogens (tertiary/aromatic N) is 1. The Hall–Kier alpha value is -1.86. The number of benzene rings is 1. The molecule has 1 aromatic carbocycles. The highest BCUT2D eigenvalue weighted by Gasteiger charge is 2.14. The number of aliphatic imine (C=N–C) groups is 1. The SMILES string of the molecule is CCNC(=NCC(C)Oc1ccc(F)cc1)NCCCOCC1CCCO1. The molecule has 0 bridgehead atoms. The van der Waals surface area contributed by atoms with Gasteiger partial charge in [-0.05, 0) is 57.4 Å². The quantitative estimate of drug-likeness (QED) is 0.351. The number of hydrogen-bond donors (Lipinski definition) is 2. The van der Waals surface area contributed by atoms with Gasteiger partial charge in [-0.15, -0.1) is 0 Å². The Morgan fingerprint density at radius 1 is 1.33 bits per heavy atom. The molecule has 2 N–H and O–H groups in total. The van der Waals surface area contributed by atoms with Gasteiger partial charge in [0.05, 0.1) is 19.3 Å². The number of guanidine groups is 1. The molecule has 27 heavy (non-hydrogen) atoms. The van der Waals surface area contributed by atoms with Crippen molar-refractivity contribution in [1.29, 1.82) is 0 Å². The van der Waals surface area contributed by atoms with Crippen molar-refractivity contribution in [3.05, 3.63) is 30.1 Å². The molecule has 0 aliphatic carbocycles. The van der Waals surface area contributed by atoms with Crippen LogP contribution in [0, 0.1) is 5.82 Å². The lowest BCUT2D eigenvalue weighted by molar-refractivity contribution is 0.0168. The maximum Gasteiger partial charge on any atom is 0.191 e. The Kier molecular flexibility index (Phi) is 9.94. The van der Waals surface area contributed by atoms with Crippen LogP contribution in [0.1, 0.15) is 33.1 Å². The van der Waals surface area contributed by atoms with Gasteiger partial charge in [-0.3, -0.25) is 0 Å². The molecular weight excluding hydrogens is 349 g/mol. The number of halogens is 1. The molecule has 1 saturated heterocycles. The van der Waals surface area contributed by atoms with E-state index >= 15 is 0 Å². The van der Waals surface area contributed by atoms with Gasteiger partial charge in [0.2, 0.25) is 0 Å². The van der Waals surface area contributed by atoms with Crippen LogP contribution in [0.2, 0.25) is 0 Å². The van der Waals surface area contributed by atoms with E-state index in [1.54, 1.807) is 12.1 Å². The second-order valence-corrected chi connectivity index (χ2v) is 6.59. The lowest BCUT2D eigenvalue weighted by atomic mass is 10.2. The predicted molar refractivity (Wildman–Crippen MR) is 105 cm³/mol. The van der Waals surface area contributed by atoms with Crippen molar-refractivity contribution in [2.45, 2.75) is 45.3 Å². The van der Waals surface area contributed by atoms with Gasteiger partial charge in [-0.1, -0.05) is 0 Å². The summed E-state index contributed by atoms with van der Waals surface area (Å²) < 4.78 is 29.9. The van der Waals surface area contributed by atoms with E-state index in [-0.39, 0.29) is 18.0 Å². The van der Waals surface area contributed by atoms with E-state index in [1.807, 2.05) is 13.8 Å². The predicted octanol–water partition coefficient (Wildman–Crippen LogP) is 2.73. The molecule has 2 unspecified atom stereocenters. The largest absolute Gasteiger partial charge is 0.489 e. The Labute approximate surface area is 161 Å². The van der Waals surface area contributed by atoms with Crippen LogP contribution >= 0.6 is 0 Å². The fraction of sp³-hybridized carbons (Fsp3) is 0.650. The smallest absolute Gasteiger partial charge is 0.191 e. The first-order valence-corrected chi connectivity index (χ1v) is 9.81. The Morgan fingerprint density at radius 3 is 2.85 bits per heavy atom. The van der Waals surface area contributed by atoms with Crippen LogP contribution < -0.4 is 15.4 Å². The second-order valence-electron chi connectivity index (χ2n) is 6.59. The average Bonchev–Trinajstić information content (AvgIpc) is 3.18. The number of rotatable bonds is 11. The first-order chi connectivity index (χ1) is 13.2. The van der Waals surface area contributed by atoms with E-state index in [0.29, 0.717) is 25.5 Å². The van der Waals surface area contributed by atoms with Crippen molar-refractivity contribution in [2.75, 3.05) is 39.5 Å². The minimum atomic E-state index is -0.272. The fourth-order valence-corrected chi connectivity index (χ4v) is 2.72. The van der Waals surface area contributed by atoms with Crippen molar-refractivity contribution >= 4 is 5.96 Å². The summed E-state index contributed by atoms with van der Waals surface area (Å²) in [6.07, 6.45) is 3.31. The topological polar surface area (TPSA) is 64.1 Å². The summed E-state index contributed by atoms with van der Waals surface area (Å²) in [5.41, 5.74) is 0. The Bertz CT molecular complexity index is 548. The third kappa shape index (κ3) is 9.06. The van der Waals surface area contributed by atoms with Gasteiger partial charge in [-0.25, -0.2) is 9.38 Å². The van der Waals surface area contributed by atoms with E-state index < -0.39 is 0 Å². The van der Waals surface area contributed by atoms with E-state index in [2.05, 4.69) is 15.6 Å². The van der Waals surface area contributed by atoms with Crippen LogP contribution in [0.25, 0.3) is 0 Å². The van der Waals surface area contributed by atoms with Crippen molar-refractivity contribution in [3.63, 3.8) is 0 Å². The summed E-state index contributed by atoms with van der Waals surface area (Å²) in [6, 6.07) is 6.01. The number of hydrogen-bond acceptors (Lipinski definition) is 4. The molecule has 1 aliphatic heterocycles. The van der Waals surface area contributed by atoms with E-state index in [4.69, 9.17) is 14.2 Å². The van der Waals surface area contributed by atoms with Crippen LogP contribution in [-0.2, 0) is 9.47 Å². The maximum atomic E-state index is 12.9. The first kappa shape index (κ1) is 21.4. The molecule has 0 amide bonds. The third-order valence-electron chi connectivity index (χ3n) is 4.09. The molecule has 6 nitrogen and oxygen atoms in total. The van der Waals surface area contributed by atoms with Crippen molar-refractivity contribution in [3.8, 4) is 5.75 Å². The zero-order valence-electron chi connectivity index (χ0n) is 16.4. The van der Waals surface area contributed by atoms with Gasteiger partial charge < -0.3 is 24.8 Å². The second kappa shape index (κ2) is 12.5. The van der Waals surface area contributed by atoms with Gasteiger partial charge in [0.25, 0.3) is 0 Å². The van der Waals surface area contributed by atoms with Gasteiger partial charge in [0.1, 0.15) is 17.7 Å². The standard InChI is InChI=1S/C20H32FN3O3/c1-3-22-20(23-11-5-12-25-15-19-6-4-13-26-19)24-14-16(2)27-18-9-7-17(21)8-10-18/h7-10,16,19H,3-6,11-15H2,1-2H3,(H2,22,23,24).